The summed E-state index contributed by atoms with van der Waals surface area (Å²) in [5, 5.41) is 0. The monoisotopic (exact) mass is 370 g/mol. The van der Waals surface area contributed by atoms with Crippen molar-refractivity contribution in [1.82, 2.24) is 9.80 Å². The summed E-state index contributed by atoms with van der Waals surface area (Å²) in [6, 6.07) is 14.6. The topological polar surface area (TPSA) is 59.1 Å². The zero-order chi connectivity index (χ0) is 19.8. The van der Waals surface area contributed by atoms with Gasteiger partial charge in [0, 0.05) is 26.7 Å². The van der Waals surface area contributed by atoms with Crippen LogP contribution in [-0.4, -0.2) is 62.5 Å². The van der Waals surface area contributed by atoms with Crippen molar-refractivity contribution in [2.24, 2.45) is 0 Å². The first-order valence-electron chi connectivity index (χ1n) is 8.75. The Morgan fingerprint density at radius 1 is 0.926 bits per heavy atom. The molecule has 0 spiro atoms. The highest BCUT2D eigenvalue weighted by atomic mass is 16.5. The Morgan fingerprint density at radius 3 is 2.26 bits per heavy atom. The van der Waals surface area contributed by atoms with Gasteiger partial charge in [0.2, 0.25) is 0 Å². The lowest BCUT2D eigenvalue weighted by Crippen LogP contribution is -2.31. The second-order valence-electron chi connectivity index (χ2n) is 6.50. The minimum absolute atomic E-state index is 0.0647. The fourth-order valence-corrected chi connectivity index (χ4v) is 2.32. The second-order valence-corrected chi connectivity index (χ2v) is 6.50. The van der Waals surface area contributed by atoms with Crippen LogP contribution >= 0.6 is 0 Å². The van der Waals surface area contributed by atoms with Gasteiger partial charge >= 0.3 is 0 Å². The summed E-state index contributed by atoms with van der Waals surface area (Å²) >= 11 is 0. The number of hydrogen-bond acceptors (Lipinski definition) is 4. The van der Waals surface area contributed by atoms with Gasteiger partial charge in [-0.3, -0.25) is 9.59 Å². The molecule has 0 unspecified atom stereocenters. The molecule has 6 nitrogen and oxygen atoms in total. The summed E-state index contributed by atoms with van der Waals surface area (Å²) in [6.45, 7) is 2.80. The van der Waals surface area contributed by atoms with E-state index in [4.69, 9.17) is 9.47 Å². The molecule has 0 aromatic heterocycles. The predicted molar refractivity (Wildman–Crippen MR) is 104 cm³/mol. The van der Waals surface area contributed by atoms with Crippen LogP contribution in [0, 0.1) is 6.92 Å². The highest BCUT2D eigenvalue weighted by molar-refractivity contribution is 5.94. The van der Waals surface area contributed by atoms with Crippen LogP contribution in [0.3, 0.4) is 0 Å². The molecule has 0 aliphatic carbocycles. The third-order valence-corrected chi connectivity index (χ3v) is 3.97. The maximum atomic E-state index is 12.6. The maximum Gasteiger partial charge on any atom is 0.259 e. The van der Waals surface area contributed by atoms with E-state index in [0.29, 0.717) is 24.5 Å². The number of nitrogens with zero attached hydrogens (tertiary/aromatic N) is 2. The molecule has 2 aromatic rings. The number of rotatable bonds is 8. The maximum absolute atomic E-state index is 12.6. The van der Waals surface area contributed by atoms with Crippen LogP contribution in [0.2, 0.25) is 0 Å². The Bertz CT molecular complexity index is 789. The van der Waals surface area contributed by atoms with Gasteiger partial charge in [0.15, 0.2) is 6.61 Å². The number of amides is 2. The Morgan fingerprint density at radius 2 is 1.59 bits per heavy atom. The molecule has 27 heavy (non-hydrogen) atoms. The summed E-state index contributed by atoms with van der Waals surface area (Å²) in [5.41, 5.74) is 1.63. The van der Waals surface area contributed by atoms with Crippen molar-refractivity contribution in [3.63, 3.8) is 0 Å². The van der Waals surface area contributed by atoms with Gasteiger partial charge < -0.3 is 19.3 Å². The van der Waals surface area contributed by atoms with Gasteiger partial charge in [-0.25, -0.2) is 0 Å². The minimum atomic E-state index is -0.142. The number of ether oxygens (including phenoxy) is 2. The van der Waals surface area contributed by atoms with E-state index in [9.17, 15) is 9.59 Å². The highest BCUT2D eigenvalue weighted by Gasteiger charge is 2.13. The molecule has 0 aliphatic heterocycles. The Labute approximate surface area is 160 Å². The third-order valence-electron chi connectivity index (χ3n) is 3.97. The van der Waals surface area contributed by atoms with E-state index in [-0.39, 0.29) is 18.4 Å². The largest absolute Gasteiger partial charge is 0.492 e. The molecule has 2 aromatic carbocycles. The third kappa shape index (κ3) is 6.33. The van der Waals surface area contributed by atoms with Crippen LogP contribution in [0.15, 0.2) is 48.5 Å². The summed E-state index contributed by atoms with van der Waals surface area (Å²) in [4.78, 5) is 27.2. The van der Waals surface area contributed by atoms with Crippen LogP contribution < -0.4 is 9.47 Å². The van der Waals surface area contributed by atoms with E-state index >= 15 is 0 Å². The Balaban J connectivity index is 1.88. The highest BCUT2D eigenvalue weighted by Crippen LogP contribution is 2.15. The molecule has 0 N–H and O–H groups in total. The van der Waals surface area contributed by atoms with Gasteiger partial charge in [0.05, 0.1) is 6.54 Å². The SMILES string of the molecule is Cc1cccc(OCCN(C)C(=O)c2cccc(OCC(=O)N(C)C)c2)c1. The van der Waals surface area contributed by atoms with Crippen molar-refractivity contribution < 1.29 is 19.1 Å². The van der Waals surface area contributed by atoms with Crippen molar-refractivity contribution in [1.29, 1.82) is 0 Å². The molecule has 0 bridgehead atoms. The summed E-state index contributed by atoms with van der Waals surface area (Å²) in [6.07, 6.45) is 0. The molecule has 0 saturated heterocycles. The number of carbonyl (C=O) groups is 2. The van der Waals surface area contributed by atoms with E-state index < -0.39 is 0 Å². The molecule has 0 fully saturated rings. The van der Waals surface area contributed by atoms with Gasteiger partial charge in [0.1, 0.15) is 18.1 Å². The number of carbonyl (C=O) groups excluding carboxylic acids is 2. The van der Waals surface area contributed by atoms with E-state index in [1.165, 1.54) is 4.90 Å². The van der Waals surface area contributed by atoms with Crippen LogP contribution in [0.25, 0.3) is 0 Å². The Hall–Kier alpha value is -3.02. The van der Waals surface area contributed by atoms with Crippen molar-refractivity contribution in [3.05, 3.63) is 59.7 Å². The van der Waals surface area contributed by atoms with Gasteiger partial charge in [-0.15, -0.1) is 0 Å². The number of benzene rings is 2. The van der Waals surface area contributed by atoms with Crippen molar-refractivity contribution in [2.75, 3.05) is 40.9 Å². The smallest absolute Gasteiger partial charge is 0.259 e. The first-order chi connectivity index (χ1) is 12.9. The normalized spacial score (nSPS) is 10.2. The number of hydrogen-bond donors (Lipinski definition) is 0. The molecule has 0 saturated carbocycles. The molecule has 6 heteroatoms. The van der Waals surface area contributed by atoms with E-state index in [0.717, 1.165) is 11.3 Å². The van der Waals surface area contributed by atoms with Crippen LogP contribution in [0.1, 0.15) is 15.9 Å². The molecule has 0 atom stereocenters. The first-order valence-corrected chi connectivity index (χ1v) is 8.75. The lowest BCUT2D eigenvalue weighted by Gasteiger charge is -2.18. The molecule has 144 valence electrons. The fraction of sp³-hybridized carbons (Fsp3) is 0.333. The average molecular weight is 370 g/mol. The lowest BCUT2D eigenvalue weighted by atomic mass is 10.2. The van der Waals surface area contributed by atoms with Gasteiger partial charge in [-0.2, -0.15) is 0 Å². The van der Waals surface area contributed by atoms with E-state index in [1.807, 2.05) is 31.2 Å². The summed E-state index contributed by atoms with van der Waals surface area (Å²) < 4.78 is 11.2. The molecule has 0 heterocycles. The van der Waals surface area contributed by atoms with Crippen molar-refractivity contribution in [3.8, 4) is 11.5 Å². The van der Waals surface area contributed by atoms with Crippen LogP contribution in [0.4, 0.5) is 0 Å². The molecule has 2 rings (SSSR count). The minimum Gasteiger partial charge on any atom is -0.492 e. The van der Waals surface area contributed by atoms with Gasteiger partial charge in [0.25, 0.3) is 11.8 Å². The second kappa shape index (κ2) is 9.62. The molecule has 0 aliphatic rings. The zero-order valence-electron chi connectivity index (χ0n) is 16.3. The molecular formula is C21H26N2O4. The van der Waals surface area contributed by atoms with E-state index in [1.54, 1.807) is 50.3 Å². The summed E-state index contributed by atoms with van der Waals surface area (Å²) in [7, 11) is 5.06. The van der Waals surface area contributed by atoms with Crippen LogP contribution in [0.5, 0.6) is 11.5 Å². The van der Waals surface area contributed by atoms with Crippen LogP contribution in [-0.2, 0) is 4.79 Å². The predicted octanol–water partition coefficient (Wildman–Crippen LogP) is 2.61. The number of aryl methyl sites for hydroxylation is 1. The van der Waals surface area contributed by atoms with Crippen molar-refractivity contribution in [2.45, 2.75) is 6.92 Å². The first kappa shape index (κ1) is 20.3. The average Bonchev–Trinajstić information content (AvgIpc) is 2.65. The summed E-state index contributed by atoms with van der Waals surface area (Å²) in [5.74, 6) is 1.00. The Kier molecular flexibility index (Phi) is 7.23. The van der Waals surface area contributed by atoms with E-state index in [2.05, 4.69) is 0 Å². The fourth-order valence-electron chi connectivity index (χ4n) is 2.32. The van der Waals surface area contributed by atoms with Gasteiger partial charge in [-0.1, -0.05) is 18.2 Å². The lowest BCUT2D eigenvalue weighted by molar-refractivity contribution is -0.130. The molecule has 0 radical (unpaired) electrons. The standard InChI is InChI=1S/C21H26N2O4/c1-16-7-5-9-18(13-16)26-12-11-23(4)21(25)17-8-6-10-19(14-17)27-15-20(24)22(2)3/h5-10,13-14H,11-12,15H2,1-4H3. The molecular weight excluding hydrogens is 344 g/mol. The number of likely N-dealkylation sites (N-methyl/N-ethyl adjacent to an activating group) is 2. The zero-order valence-corrected chi connectivity index (χ0v) is 16.3. The molecule has 2 amide bonds. The van der Waals surface area contributed by atoms with Crippen molar-refractivity contribution >= 4 is 11.8 Å². The quantitative estimate of drug-likeness (QED) is 0.717. The van der Waals surface area contributed by atoms with Gasteiger partial charge in [-0.05, 0) is 42.8 Å².